The number of ether oxygens (including phenoxy) is 3. The number of carbonyl (C=O) groups is 7. The van der Waals surface area contributed by atoms with E-state index in [0.717, 1.165) is 48.6 Å². The van der Waals surface area contributed by atoms with Crippen LogP contribution in [0, 0.1) is 57.2 Å². The van der Waals surface area contributed by atoms with Crippen molar-refractivity contribution in [3.8, 4) is 0 Å². The molecule has 2 aliphatic carbocycles. The van der Waals surface area contributed by atoms with Gasteiger partial charge in [0.2, 0.25) is 11.8 Å². The number of nitrogens with one attached hydrogen (secondary N) is 3. The van der Waals surface area contributed by atoms with Gasteiger partial charge in [-0.05, 0) is 120 Å². The van der Waals surface area contributed by atoms with Crippen molar-refractivity contribution in [2.45, 2.75) is 205 Å². The zero-order chi connectivity index (χ0) is 66.6. The second-order valence-corrected chi connectivity index (χ2v) is 31.3. The number of aliphatic carboxylic acids is 2. The molecule has 0 radical (unpaired) electrons. The number of anilines is 1. The number of unbranched alkanes of at least 4 members (excludes halogenated alkanes) is 2. The fourth-order valence-corrected chi connectivity index (χ4v) is 14.3. The van der Waals surface area contributed by atoms with Crippen molar-refractivity contribution >= 4 is 71.2 Å². The van der Waals surface area contributed by atoms with Gasteiger partial charge < -0.3 is 40.0 Å². The standard InChI is InChI=1S/C73H102N4O12S/c1-43(2)67(84)87-33-25-23-31-57(78)76-64-60(68(85)88-62-50(70(5,6)7)35-44(3)36-51(62)71(8,9)10)48(39-46-27-19-17-20-28-46)54(74-64)41-55-49(40-47-29-21-18-22-30-47)61(65(75-55)77-58(79)32-24-26-34-90-56(66(82)83)42-59(80)81)69(86)89-63-52(72(11,12)13)37-45(4)38-53(63)73(14,15)16/h17-22,27-30,41,44-45,50-53,56,62-63,75H,1,23-26,31-40,42H2,2-16H3,(H,77,79)(H,80,81)(H,82,83)(H,74,76,78). The van der Waals surface area contributed by atoms with Crippen LogP contribution in [0.15, 0.2) is 94.7 Å². The van der Waals surface area contributed by atoms with E-state index in [9.17, 15) is 34.2 Å². The number of nitrogens with zero attached hydrogens (tertiary/aromatic N) is 1. The molecule has 0 saturated heterocycles. The van der Waals surface area contributed by atoms with Gasteiger partial charge in [0.25, 0.3) is 0 Å². The van der Waals surface area contributed by atoms with Crippen molar-refractivity contribution in [2.75, 3.05) is 17.7 Å². The molecule has 3 aromatic rings. The zero-order valence-corrected chi connectivity index (χ0v) is 57.0. The molecule has 5 unspecified atom stereocenters. The lowest BCUT2D eigenvalue weighted by atomic mass is 9.59. The Morgan fingerprint density at radius 1 is 0.667 bits per heavy atom. The molecule has 5 atom stereocenters. The van der Waals surface area contributed by atoms with Crippen LogP contribution in [0.2, 0.25) is 0 Å². The lowest BCUT2D eigenvalue weighted by molar-refractivity contribution is -0.164. The van der Waals surface area contributed by atoms with Crippen molar-refractivity contribution in [3.63, 3.8) is 0 Å². The Hall–Kier alpha value is -6.75. The fourth-order valence-electron chi connectivity index (χ4n) is 13.2. The largest absolute Gasteiger partial charge is 0.481 e. The summed E-state index contributed by atoms with van der Waals surface area (Å²) in [7, 11) is 0. The van der Waals surface area contributed by atoms with Gasteiger partial charge in [0, 0.05) is 66.2 Å². The number of thioether (sulfide) groups is 1. The van der Waals surface area contributed by atoms with E-state index < -0.39 is 65.5 Å². The highest BCUT2D eigenvalue weighted by Crippen LogP contribution is 2.52. The van der Waals surface area contributed by atoms with Crippen molar-refractivity contribution in [3.05, 3.63) is 118 Å². The molecule has 17 heteroatoms. The van der Waals surface area contributed by atoms with Gasteiger partial charge in [-0.1, -0.05) is 164 Å². The number of esters is 3. The number of amidine groups is 1. The first-order valence-electron chi connectivity index (χ1n) is 32.3. The predicted molar refractivity (Wildman–Crippen MR) is 357 cm³/mol. The first-order chi connectivity index (χ1) is 42.0. The number of allylic oxidation sites excluding steroid dienone is 1. The van der Waals surface area contributed by atoms with Gasteiger partial charge in [-0.3, -0.25) is 19.2 Å². The van der Waals surface area contributed by atoms with Gasteiger partial charge >= 0.3 is 29.8 Å². The van der Waals surface area contributed by atoms with Crippen LogP contribution in [0.1, 0.15) is 207 Å². The van der Waals surface area contributed by atoms with E-state index in [0.29, 0.717) is 65.8 Å². The first kappa shape index (κ1) is 72.3. The quantitative estimate of drug-likeness (QED) is 0.0230. The van der Waals surface area contributed by atoms with Crippen molar-refractivity contribution in [2.24, 2.45) is 62.2 Å². The fraction of sp³-hybridized carbons (Fsp3) is 0.589. The van der Waals surface area contributed by atoms with Crippen LogP contribution in [0.25, 0.3) is 6.08 Å². The van der Waals surface area contributed by atoms with E-state index in [1.165, 1.54) is 0 Å². The monoisotopic (exact) mass is 1260 g/mol. The predicted octanol–water partition coefficient (Wildman–Crippen LogP) is 15.0. The Bertz CT molecular complexity index is 3100. The van der Waals surface area contributed by atoms with Gasteiger partial charge in [0.1, 0.15) is 40.2 Å². The van der Waals surface area contributed by atoms with E-state index in [-0.39, 0.29) is 106 Å². The minimum atomic E-state index is -1.22. The minimum Gasteiger partial charge on any atom is -0.481 e. The van der Waals surface area contributed by atoms with E-state index >= 15 is 9.59 Å². The number of carboxylic acid groups (broad SMARTS) is 2. The first-order valence-corrected chi connectivity index (χ1v) is 33.4. The number of carboxylic acids is 2. The molecular formula is C73H102N4O12S. The number of benzene rings is 2. The molecule has 1 aromatic heterocycles. The topological polar surface area (TPSA) is 240 Å². The maximum Gasteiger partial charge on any atom is 0.342 e. The number of amides is 2. The molecule has 5 N–H and O–H groups in total. The molecule has 2 heterocycles. The van der Waals surface area contributed by atoms with Crippen LogP contribution in [-0.4, -0.2) is 92.5 Å². The molecule has 0 spiro atoms. The third-order valence-corrected chi connectivity index (χ3v) is 19.5. The van der Waals surface area contributed by atoms with E-state index in [1.807, 2.05) is 60.7 Å². The number of hydrogen-bond donors (Lipinski definition) is 5. The highest BCUT2D eigenvalue weighted by molar-refractivity contribution is 8.00. The van der Waals surface area contributed by atoms with E-state index in [1.54, 1.807) is 13.0 Å². The van der Waals surface area contributed by atoms with E-state index in [4.69, 9.17) is 19.2 Å². The Labute approximate surface area is 539 Å². The molecule has 2 amide bonds. The van der Waals surface area contributed by atoms with Crippen molar-refractivity contribution < 1.29 is 58.0 Å². The average molecular weight is 1260 g/mol. The Kier molecular flexibility index (Phi) is 24.9. The lowest BCUT2D eigenvalue weighted by Crippen LogP contribution is -2.50. The molecule has 0 bridgehead atoms. The summed E-state index contributed by atoms with van der Waals surface area (Å²) >= 11 is 1.01. The number of carbonyl (C=O) groups excluding carboxylic acids is 5. The van der Waals surface area contributed by atoms with Gasteiger partial charge in [-0.15, -0.1) is 11.8 Å². The maximum atomic E-state index is 15.8. The molecule has 16 nitrogen and oxygen atoms in total. The van der Waals surface area contributed by atoms with Crippen LogP contribution in [0.4, 0.5) is 5.82 Å². The summed E-state index contributed by atoms with van der Waals surface area (Å²) in [6, 6.07) is 19.3. The summed E-state index contributed by atoms with van der Waals surface area (Å²) in [5, 5.41) is 23.9. The van der Waals surface area contributed by atoms with Gasteiger partial charge in [0.15, 0.2) is 0 Å². The van der Waals surface area contributed by atoms with Crippen LogP contribution in [0.5, 0.6) is 0 Å². The average Bonchev–Trinajstić information content (AvgIpc) is 1.09. The van der Waals surface area contributed by atoms with Crippen LogP contribution in [0.3, 0.4) is 0 Å². The molecule has 6 rings (SSSR count). The smallest absolute Gasteiger partial charge is 0.342 e. The van der Waals surface area contributed by atoms with Crippen LogP contribution < -0.4 is 10.6 Å². The molecule has 492 valence electrons. The van der Waals surface area contributed by atoms with Crippen LogP contribution >= 0.6 is 11.8 Å². The van der Waals surface area contributed by atoms with Crippen molar-refractivity contribution in [1.29, 1.82) is 0 Å². The van der Waals surface area contributed by atoms with Gasteiger partial charge in [0.05, 0.1) is 18.7 Å². The highest BCUT2D eigenvalue weighted by Gasteiger charge is 2.51. The molecule has 3 aliphatic rings. The van der Waals surface area contributed by atoms with Gasteiger partial charge in [-0.25, -0.2) is 19.4 Å². The second kappa shape index (κ2) is 31.0. The maximum absolute atomic E-state index is 15.8. The number of aromatic nitrogens is 1. The summed E-state index contributed by atoms with van der Waals surface area (Å²) in [6.45, 7) is 36.1. The third-order valence-electron chi connectivity index (χ3n) is 18.2. The number of rotatable bonds is 25. The summed E-state index contributed by atoms with van der Waals surface area (Å²) < 4.78 is 19.3. The molecular weight excluding hydrogens is 1160 g/mol. The molecule has 90 heavy (non-hydrogen) atoms. The molecule has 2 aromatic carbocycles. The molecule has 1 aliphatic heterocycles. The summed E-state index contributed by atoms with van der Waals surface area (Å²) in [5.41, 5.74) is 2.86. The zero-order valence-electron chi connectivity index (χ0n) is 56.2. The number of H-pyrrole nitrogens is 1. The SMILES string of the molecule is C=C(C)C(=O)OCCCCC(=O)NC1=NC(=Cc2[nH]c(NC(=O)CCCCSC(CC(=O)O)C(=O)O)c(C(=O)OC3C(C(C)(C)C)CC(C)CC3C(C)(C)C)c2Cc2ccccc2)C(Cc2ccccc2)=C1C(=O)OC1C(C(C)(C)C)CC(C)CC1C(C)(C)C. The summed E-state index contributed by atoms with van der Waals surface area (Å²) in [4.78, 5) is 104. The Morgan fingerprint density at radius 2 is 1.13 bits per heavy atom. The van der Waals surface area contributed by atoms with Gasteiger partial charge in [-0.2, -0.15) is 0 Å². The number of hydrogen-bond acceptors (Lipinski definition) is 12. The molecule has 2 fully saturated rings. The summed E-state index contributed by atoms with van der Waals surface area (Å²) in [6.07, 6.45) is 5.50. The molecule has 2 saturated carbocycles. The third kappa shape index (κ3) is 20.1. The minimum absolute atomic E-state index is 0.00720. The summed E-state index contributed by atoms with van der Waals surface area (Å²) in [5.74, 6) is -3.94. The van der Waals surface area contributed by atoms with E-state index in [2.05, 4.69) is 119 Å². The van der Waals surface area contributed by atoms with Crippen LogP contribution in [-0.2, 0) is 55.8 Å². The normalized spacial score (nSPS) is 22.3. The highest BCUT2D eigenvalue weighted by atomic mass is 32.2. The van der Waals surface area contributed by atoms with Crippen molar-refractivity contribution in [1.82, 2.24) is 10.3 Å². The number of aliphatic imine (C=N–C) groups is 1. The second-order valence-electron chi connectivity index (χ2n) is 29.9. The number of aromatic amines is 1. The Morgan fingerprint density at radius 3 is 1.60 bits per heavy atom. The lowest BCUT2D eigenvalue weighted by Gasteiger charge is -2.50. The Balaban J connectivity index is 1.57.